The van der Waals surface area contributed by atoms with E-state index in [4.69, 9.17) is 4.74 Å². The van der Waals surface area contributed by atoms with Crippen molar-refractivity contribution in [1.82, 2.24) is 4.90 Å². The van der Waals surface area contributed by atoms with E-state index in [0.717, 1.165) is 32.1 Å². The Labute approximate surface area is 96.9 Å². The summed E-state index contributed by atoms with van der Waals surface area (Å²) in [7, 11) is 0. The molecule has 0 bridgehead atoms. The molecule has 0 aliphatic carbocycles. The van der Waals surface area contributed by atoms with Gasteiger partial charge in [0.15, 0.2) is 0 Å². The molecule has 0 aromatic carbocycles. The zero-order chi connectivity index (χ0) is 12.0. The summed E-state index contributed by atoms with van der Waals surface area (Å²) in [6.45, 7) is 4.91. The van der Waals surface area contributed by atoms with Crippen LogP contribution in [0, 0.1) is 5.92 Å². The van der Waals surface area contributed by atoms with Crippen molar-refractivity contribution in [2.75, 3.05) is 13.2 Å². The standard InChI is InChI=1S/C12H21NO3/c1-3-4-5-6-9-16-12(15)13-8-7-10(2)11(13)14/h10H,3-9H2,1-2H3/t10-/m1/s1. The average Bonchev–Trinajstić information content (AvgIpc) is 2.59. The van der Waals surface area contributed by atoms with Crippen molar-refractivity contribution in [2.24, 2.45) is 5.92 Å². The maximum atomic E-state index is 11.5. The topological polar surface area (TPSA) is 46.6 Å². The third-order valence-electron chi connectivity index (χ3n) is 2.92. The smallest absolute Gasteiger partial charge is 0.416 e. The van der Waals surface area contributed by atoms with Crippen LogP contribution in [0.25, 0.3) is 0 Å². The second-order valence-corrected chi connectivity index (χ2v) is 4.35. The molecule has 0 aromatic rings. The van der Waals surface area contributed by atoms with E-state index in [-0.39, 0.29) is 11.8 Å². The fourth-order valence-electron chi connectivity index (χ4n) is 1.77. The summed E-state index contributed by atoms with van der Waals surface area (Å²) in [6, 6.07) is 0. The number of rotatable bonds is 5. The Balaban J connectivity index is 2.18. The molecule has 1 fully saturated rings. The van der Waals surface area contributed by atoms with Gasteiger partial charge in [-0.3, -0.25) is 4.79 Å². The molecule has 0 spiro atoms. The third kappa shape index (κ3) is 3.51. The molecular formula is C12H21NO3. The summed E-state index contributed by atoms with van der Waals surface area (Å²) >= 11 is 0. The normalized spacial score (nSPS) is 20.2. The van der Waals surface area contributed by atoms with Crippen LogP contribution in [0.15, 0.2) is 0 Å². The van der Waals surface area contributed by atoms with Crippen LogP contribution < -0.4 is 0 Å². The van der Waals surface area contributed by atoms with Crippen LogP contribution in [-0.2, 0) is 9.53 Å². The molecule has 16 heavy (non-hydrogen) atoms. The fraction of sp³-hybridized carbons (Fsp3) is 0.833. The number of likely N-dealkylation sites (tertiary alicyclic amines) is 1. The van der Waals surface area contributed by atoms with Gasteiger partial charge >= 0.3 is 6.09 Å². The van der Waals surface area contributed by atoms with Gasteiger partial charge in [-0.2, -0.15) is 0 Å². The van der Waals surface area contributed by atoms with Crippen LogP contribution >= 0.6 is 0 Å². The zero-order valence-corrected chi connectivity index (χ0v) is 10.2. The highest BCUT2D eigenvalue weighted by Crippen LogP contribution is 2.17. The van der Waals surface area contributed by atoms with Crippen molar-refractivity contribution >= 4 is 12.0 Å². The van der Waals surface area contributed by atoms with Gasteiger partial charge in [0.1, 0.15) is 0 Å². The SMILES string of the molecule is CCCCCCOC(=O)N1CC[C@@H](C)C1=O. The Morgan fingerprint density at radius 3 is 2.75 bits per heavy atom. The Morgan fingerprint density at radius 1 is 1.44 bits per heavy atom. The number of amides is 2. The number of hydrogen-bond donors (Lipinski definition) is 0. The van der Waals surface area contributed by atoms with Gasteiger partial charge in [-0.1, -0.05) is 33.1 Å². The molecule has 0 N–H and O–H groups in total. The van der Waals surface area contributed by atoms with Gasteiger partial charge in [-0.25, -0.2) is 9.69 Å². The molecule has 4 nitrogen and oxygen atoms in total. The predicted octanol–water partition coefficient (Wildman–Crippen LogP) is 2.57. The van der Waals surface area contributed by atoms with Gasteiger partial charge in [0.2, 0.25) is 5.91 Å². The van der Waals surface area contributed by atoms with Crippen LogP contribution in [0.1, 0.15) is 46.0 Å². The van der Waals surface area contributed by atoms with Gasteiger partial charge in [0, 0.05) is 12.5 Å². The van der Waals surface area contributed by atoms with Gasteiger partial charge in [0.25, 0.3) is 0 Å². The highest BCUT2D eigenvalue weighted by atomic mass is 16.6. The minimum Gasteiger partial charge on any atom is -0.449 e. The molecule has 1 atom stereocenters. The quantitative estimate of drug-likeness (QED) is 0.678. The molecule has 1 rings (SSSR count). The fourth-order valence-corrected chi connectivity index (χ4v) is 1.77. The maximum Gasteiger partial charge on any atom is 0.416 e. The highest BCUT2D eigenvalue weighted by Gasteiger charge is 2.33. The van der Waals surface area contributed by atoms with E-state index in [1.807, 2.05) is 6.92 Å². The average molecular weight is 227 g/mol. The second kappa shape index (κ2) is 6.51. The Kier molecular flexibility index (Phi) is 5.29. The minimum absolute atomic E-state index is 0.0346. The molecule has 4 heteroatoms. The first-order valence-electron chi connectivity index (χ1n) is 6.15. The van der Waals surface area contributed by atoms with Gasteiger partial charge in [-0.05, 0) is 12.8 Å². The summed E-state index contributed by atoms with van der Waals surface area (Å²) in [5.41, 5.74) is 0. The van der Waals surface area contributed by atoms with E-state index in [0.29, 0.717) is 13.2 Å². The lowest BCUT2D eigenvalue weighted by atomic mass is 10.1. The monoisotopic (exact) mass is 227 g/mol. The summed E-state index contributed by atoms with van der Waals surface area (Å²) in [6.07, 6.45) is 4.58. The molecule has 1 aliphatic heterocycles. The number of hydrogen-bond acceptors (Lipinski definition) is 3. The second-order valence-electron chi connectivity index (χ2n) is 4.35. The third-order valence-corrected chi connectivity index (χ3v) is 2.92. The van der Waals surface area contributed by atoms with Crippen LogP contribution in [0.3, 0.4) is 0 Å². The Morgan fingerprint density at radius 2 is 2.19 bits per heavy atom. The molecular weight excluding hydrogens is 206 g/mol. The Hall–Kier alpha value is -1.06. The van der Waals surface area contributed by atoms with Crippen LogP contribution in [0.4, 0.5) is 4.79 Å². The van der Waals surface area contributed by atoms with E-state index >= 15 is 0 Å². The van der Waals surface area contributed by atoms with E-state index in [9.17, 15) is 9.59 Å². The largest absolute Gasteiger partial charge is 0.449 e. The number of unbranched alkanes of at least 4 members (excludes halogenated alkanes) is 3. The van der Waals surface area contributed by atoms with Crippen molar-refractivity contribution in [3.05, 3.63) is 0 Å². The molecule has 0 saturated carbocycles. The van der Waals surface area contributed by atoms with Crippen LogP contribution in [-0.4, -0.2) is 30.1 Å². The molecule has 92 valence electrons. The number of carbonyl (C=O) groups is 2. The first-order chi connectivity index (χ1) is 7.66. The lowest BCUT2D eigenvalue weighted by Gasteiger charge is -2.13. The van der Waals surface area contributed by atoms with Crippen molar-refractivity contribution in [3.8, 4) is 0 Å². The molecule has 1 heterocycles. The molecule has 0 radical (unpaired) electrons. The molecule has 0 unspecified atom stereocenters. The highest BCUT2D eigenvalue weighted by molar-refractivity contribution is 5.94. The summed E-state index contributed by atoms with van der Waals surface area (Å²) in [5.74, 6) is -0.133. The van der Waals surface area contributed by atoms with Gasteiger partial charge < -0.3 is 4.74 Å². The molecule has 2 amide bonds. The maximum absolute atomic E-state index is 11.5. The number of carbonyl (C=O) groups excluding carboxylic acids is 2. The molecule has 1 saturated heterocycles. The zero-order valence-electron chi connectivity index (χ0n) is 10.2. The summed E-state index contributed by atoms with van der Waals surface area (Å²) in [4.78, 5) is 24.3. The van der Waals surface area contributed by atoms with E-state index < -0.39 is 6.09 Å². The minimum atomic E-state index is -0.467. The first-order valence-corrected chi connectivity index (χ1v) is 6.15. The van der Waals surface area contributed by atoms with Crippen molar-refractivity contribution in [1.29, 1.82) is 0 Å². The van der Waals surface area contributed by atoms with E-state index in [2.05, 4.69) is 6.92 Å². The van der Waals surface area contributed by atoms with Crippen molar-refractivity contribution in [3.63, 3.8) is 0 Å². The molecule has 1 aliphatic rings. The predicted molar refractivity (Wildman–Crippen MR) is 61.0 cm³/mol. The lowest BCUT2D eigenvalue weighted by molar-refractivity contribution is -0.129. The van der Waals surface area contributed by atoms with Crippen molar-refractivity contribution < 1.29 is 14.3 Å². The molecule has 0 aromatic heterocycles. The Bertz CT molecular complexity index is 253. The lowest BCUT2D eigenvalue weighted by Crippen LogP contribution is -2.34. The number of nitrogens with zero attached hydrogens (tertiary/aromatic N) is 1. The van der Waals surface area contributed by atoms with Gasteiger partial charge in [0.05, 0.1) is 6.61 Å². The van der Waals surface area contributed by atoms with E-state index in [1.165, 1.54) is 4.90 Å². The number of ether oxygens (including phenoxy) is 1. The van der Waals surface area contributed by atoms with Crippen LogP contribution in [0.2, 0.25) is 0 Å². The van der Waals surface area contributed by atoms with Crippen LogP contribution in [0.5, 0.6) is 0 Å². The first kappa shape index (κ1) is 13.0. The summed E-state index contributed by atoms with van der Waals surface area (Å²) in [5, 5.41) is 0. The summed E-state index contributed by atoms with van der Waals surface area (Å²) < 4.78 is 5.06. The van der Waals surface area contributed by atoms with E-state index in [1.54, 1.807) is 0 Å². The van der Waals surface area contributed by atoms with Crippen molar-refractivity contribution in [2.45, 2.75) is 46.0 Å². The van der Waals surface area contributed by atoms with Gasteiger partial charge in [-0.15, -0.1) is 0 Å². The number of imide groups is 1.